The van der Waals surface area contributed by atoms with Crippen LogP contribution in [0.25, 0.3) is 0 Å². The molecule has 3 rings (SSSR count). The van der Waals surface area contributed by atoms with Gasteiger partial charge in [0.05, 0.1) is 35.7 Å². The molecule has 0 aromatic rings. The van der Waals surface area contributed by atoms with Crippen molar-refractivity contribution in [1.29, 1.82) is 0 Å². The van der Waals surface area contributed by atoms with Crippen molar-refractivity contribution in [3.05, 3.63) is 46.4 Å². The second-order valence-electron chi connectivity index (χ2n) is 9.93. The fourth-order valence-electron chi connectivity index (χ4n) is 5.15. The number of amides is 1. The maximum absolute atomic E-state index is 12.9. The first kappa shape index (κ1) is 28.0. The molecule has 9 heteroatoms. The number of ketones is 2. The number of ether oxygens (including phenoxy) is 3. The summed E-state index contributed by atoms with van der Waals surface area (Å²) >= 11 is 0. The number of fused-ring (bicyclic) bond motifs is 4. The maximum atomic E-state index is 12.9. The van der Waals surface area contributed by atoms with Gasteiger partial charge in [-0.15, -0.1) is 0 Å². The highest BCUT2D eigenvalue weighted by Crippen LogP contribution is 2.37. The van der Waals surface area contributed by atoms with Crippen molar-refractivity contribution in [2.75, 3.05) is 14.2 Å². The van der Waals surface area contributed by atoms with Gasteiger partial charge in [0.1, 0.15) is 11.9 Å². The Labute approximate surface area is 211 Å². The van der Waals surface area contributed by atoms with Crippen molar-refractivity contribution >= 4 is 17.5 Å². The van der Waals surface area contributed by atoms with E-state index < -0.39 is 47.6 Å². The monoisotopic (exact) mass is 503 g/mol. The Morgan fingerprint density at radius 3 is 2.39 bits per heavy atom. The van der Waals surface area contributed by atoms with Crippen molar-refractivity contribution in [2.45, 2.75) is 77.5 Å². The molecule has 4 bridgehead atoms. The average Bonchev–Trinajstić information content (AvgIpc) is 2.84. The predicted molar refractivity (Wildman–Crippen MR) is 132 cm³/mol. The number of hydrogen-bond donors (Lipinski definition) is 3. The Kier molecular flexibility index (Phi) is 9.05. The Morgan fingerprint density at radius 2 is 1.75 bits per heavy atom. The molecule has 0 aromatic carbocycles. The van der Waals surface area contributed by atoms with Crippen LogP contribution in [0.1, 0.15) is 47.0 Å². The lowest BCUT2D eigenvalue weighted by Crippen LogP contribution is -2.50. The van der Waals surface area contributed by atoms with E-state index in [0.29, 0.717) is 30.4 Å². The van der Waals surface area contributed by atoms with E-state index in [0.717, 1.165) is 6.08 Å². The highest BCUT2D eigenvalue weighted by molar-refractivity contribution is 6.48. The van der Waals surface area contributed by atoms with E-state index in [1.807, 2.05) is 26.8 Å². The first-order valence-electron chi connectivity index (χ1n) is 12.3. The third-order valence-electron chi connectivity index (χ3n) is 7.31. The van der Waals surface area contributed by atoms with E-state index >= 15 is 0 Å². The fraction of sp³-hybridized carbons (Fsp3) is 0.593. The smallest absolute Gasteiger partial charge is 0.251 e. The predicted octanol–water partition coefficient (Wildman–Crippen LogP) is 2.46. The average molecular weight is 504 g/mol. The first-order chi connectivity index (χ1) is 17.0. The molecule has 0 saturated carbocycles. The number of aliphatic hydroxyl groups is 2. The molecule has 3 aliphatic rings. The van der Waals surface area contributed by atoms with E-state index in [1.165, 1.54) is 7.11 Å². The molecular formula is C27H37NO8. The van der Waals surface area contributed by atoms with Crippen LogP contribution in [0.2, 0.25) is 0 Å². The molecule has 0 unspecified atom stereocenters. The van der Waals surface area contributed by atoms with Crippen molar-refractivity contribution in [3.8, 4) is 0 Å². The number of Topliss-reactive ketones (excluding diaryl/α,β-unsaturated/α-hetero) is 1. The summed E-state index contributed by atoms with van der Waals surface area (Å²) in [5.74, 6) is -3.19. The van der Waals surface area contributed by atoms with E-state index in [-0.39, 0.29) is 29.2 Å². The number of nitrogens with one attached hydrogen (secondary N) is 1. The molecule has 3 N–H and O–H groups in total. The molecule has 1 saturated heterocycles. The fourth-order valence-corrected chi connectivity index (χ4v) is 5.15. The summed E-state index contributed by atoms with van der Waals surface area (Å²) in [6, 6.07) is 0. The number of carbonyl (C=O) groups is 3. The van der Waals surface area contributed by atoms with Crippen LogP contribution in [0.5, 0.6) is 0 Å². The molecule has 1 aliphatic carbocycles. The van der Waals surface area contributed by atoms with Crippen molar-refractivity contribution < 1.29 is 38.8 Å². The molecule has 2 heterocycles. The standard InChI is InChI=1S/C27H37NO8/c1-13-8-7-9-19(34-5)22(30)14(2)10-15(3)25-20(35-6)11-16(4)26(36-25)21-23(31)17(28-27(13)33)12-18(29)24(21)32/h8,10,12,15-16,19-20,22,25-26,30-31H,7,9,11H2,1-6H3,(H,28,33)/b13-8+,14-10+/t15-,16-,19-,20-,22-,25+,26+/m0/s1. The topological polar surface area (TPSA) is 131 Å². The Morgan fingerprint density at radius 1 is 1.08 bits per heavy atom. The largest absolute Gasteiger partial charge is 0.505 e. The van der Waals surface area contributed by atoms with Gasteiger partial charge in [-0.05, 0) is 44.6 Å². The van der Waals surface area contributed by atoms with Gasteiger partial charge in [0.25, 0.3) is 5.91 Å². The molecule has 9 nitrogen and oxygen atoms in total. The quantitative estimate of drug-likeness (QED) is 0.298. The summed E-state index contributed by atoms with van der Waals surface area (Å²) in [4.78, 5) is 38.3. The molecule has 1 fully saturated rings. The molecule has 198 valence electrons. The van der Waals surface area contributed by atoms with Gasteiger partial charge < -0.3 is 29.7 Å². The minimum absolute atomic E-state index is 0.133. The zero-order valence-electron chi connectivity index (χ0n) is 21.7. The Bertz CT molecular complexity index is 1020. The van der Waals surface area contributed by atoms with Gasteiger partial charge in [-0.25, -0.2) is 0 Å². The van der Waals surface area contributed by atoms with Gasteiger partial charge in [-0.1, -0.05) is 26.0 Å². The van der Waals surface area contributed by atoms with Gasteiger partial charge in [0, 0.05) is 31.8 Å². The summed E-state index contributed by atoms with van der Waals surface area (Å²) in [5.41, 5.74) is 0.756. The van der Waals surface area contributed by atoms with Gasteiger partial charge in [0.2, 0.25) is 11.6 Å². The molecular weight excluding hydrogens is 466 g/mol. The Hall–Kier alpha value is -2.59. The lowest BCUT2D eigenvalue weighted by molar-refractivity contribution is -0.156. The molecule has 36 heavy (non-hydrogen) atoms. The zero-order chi connectivity index (χ0) is 26.7. The highest BCUT2D eigenvalue weighted by Gasteiger charge is 2.45. The van der Waals surface area contributed by atoms with Crippen LogP contribution < -0.4 is 5.32 Å². The third-order valence-corrected chi connectivity index (χ3v) is 7.31. The van der Waals surface area contributed by atoms with Crippen molar-refractivity contribution in [2.24, 2.45) is 11.8 Å². The lowest BCUT2D eigenvalue weighted by Gasteiger charge is -2.43. The van der Waals surface area contributed by atoms with Crippen LogP contribution in [0.3, 0.4) is 0 Å². The van der Waals surface area contributed by atoms with Crippen molar-refractivity contribution in [3.63, 3.8) is 0 Å². The SMILES string of the molecule is CO[C@H]1C[C@H](C)[C@H]2O[C@@H]1[C@@H](C)/C=C(\C)[C@H](O)[C@@H](OC)CC/C=C(\C)C(=O)NC1=CC(=O)C(=O)C2=C1O. The summed E-state index contributed by atoms with van der Waals surface area (Å²) in [6.07, 6.45) is 2.89. The van der Waals surface area contributed by atoms with Crippen LogP contribution in [0.4, 0.5) is 0 Å². The number of carbonyl (C=O) groups excluding carboxylic acids is 3. The minimum Gasteiger partial charge on any atom is -0.505 e. The van der Waals surface area contributed by atoms with Gasteiger partial charge >= 0.3 is 0 Å². The van der Waals surface area contributed by atoms with Crippen LogP contribution in [0.15, 0.2) is 46.4 Å². The summed E-state index contributed by atoms with van der Waals surface area (Å²) in [5, 5.41) is 24.5. The van der Waals surface area contributed by atoms with E-state index in [2.05, 4.69) is 5.32 Å². The van der Waals surface area contributed by atoms with E-state index in [1.54, 1.807) is 20.1 Å². The first-order valence-corrected chi connectivity index (χ1v) is 12.3. The number of allylic oxidation sites excluding steroid dienone is 2. The molecule has 1 amide bonds. The molecule has 7 atom stereocenters. The van der Waals surface area contributed by atoms with Crippen molar-refractivity contribution in [1.82, 2.24) is 5.32 Å². The number of methoxy groups -OCH3 is 2. The van der Waals surface area contributed by atoms with E-state index in [9.17, 15) is 24.6 Å². The van der Waals surface area contributed by atoms with Crippen LogP contribution in [0, 0.1) is 11.8 Å². The molecule has 2 aliphatic heterocycles. The van der Waals surface area contributed by atoms with Crippen LogP contribution >= 0.6 is 0 Å². The van der Waals surface area contributed by atoms with Gasteiger partial charge in [-0.3, -0.25) is 14.4 Å². The summed E-state index contributed by atoms with van der Waals surface area (Å²) in [7, 11) is 3.12. The minimum atomic E-state index is -0.890. The summed E-state index contributed by atoms with van der Waals surface area (Å²) in [6.45, 7) is 7.20. The Balaban J connectivity index is 2.11. The maximum Gasteiger partial charge on any atom is 0.251 e. The molecule has 0 radical (unpaired) electrons. The van der Waals surface area contributed by atoms with E-state index in [4.69, 9.17) is 14.2 Å². The number of aliphatic hydroxyl groups excluding tert-OH is 2. The second kappa shape index (κ2) is 11.6. The molecule has 0 spiro atoms. The lowest BCUT2D eigenvalue weighted by atomic mass is 9.80. The van der Waals surface area contributed by atoms with Crippen LogP contribution in [-0.4, -0.2) is 72.4 Å². The zero-order valence-corrected chi connectivity index (χ0v) is 21.7. The third kappa shape index (κ3) is 5.70. The summed E-state index contributed by atoms with van der Waals surface area (Å²) < 4.78 is 17.6. The highest BCUT2D eigenvalue weighted by atomic mass is 16.5. The number of hydrogen-bond acceptors (Lipinski definition) is 8. The van der Waals surface area contributed by atoms with Gasteiger partial charge in [0.15, 0.2) is 0 Å². The molecule has 0 aromatic heterocycles. The second-order valence-corrected chi connectivity index (χ2v) is 9.93. The van der Waals surface area contributed by atoms with Gasteiger partial charge in [-0.2, -0.15) is 0 Å². The van der Waals surface area contributed by atoms with Crippen LogP contribution in [-0.2, 0) is 28.6 Å². The normalized spacial score (nSPS) is 37.8. The number of rotatable bonds is 2.